The Balaban J connectivity index is 0. The van der Waals surface area contributed by atoms with Crippen LogP contribution in [0.3, 0.4) is 0 Å². The molecule has 0 aliphatic heterocycles. The number of nitrogens with one attached hydrogen (secondary N) is 2. The Labute approximate surface area is 143 Å². The minimum Gasteiger partial charge on any atom is -0.356 e. The Bertz CT molecular complexity index is 230. The number of guanidine groups is 1. The van der Waals surface area contributed by atoms with Crippen LogP contribution in [0.2, 0.25) is 0 Å². The minimum absolute atomic E-state index is 0. The maximum Gasteiger partial charge on any atom is 0.191 e. The normalized spacial score (nSPS) is 13.0. The molecule has 4 nitrogen and oxygen atoms in total. The van der Waals surface area contributed by atoms with Crippen LogP contribution in [0.15, 0.2) is 4.99 Å². The monoisotopic (exact) mass is 398 g/mol. The van der Waals surface area contributed by atoms with Crippen molar-refractivity contribution in [2.45, 2.75) is 59.4 Å². The van der Waals surface area contributed by atoms with Crippen molar-refractivity contribution in [1.82, 2.24) is 15.5 Å². The van der Waals surface area contributed by atoms with Gasteiger partial charge in [-0.25, -0.2) is 0 Å². The predicted octanol–water partition coefficient (Wildman–Crippen LogP) is 3.08. The van der Waals surface area contributed by atoms with Crippen LogP contribution >= 0.6 is 24.0 Å². The fourth-order valence-corrected chi connectivity index (χ4v) is 2.20. The van der Waals surface area contributed by atoms with Gasteiger partial charge in [0, 0.05) is 26.2 Å². The summed E-state index contributed by atoms with van der Waals surface area (Å²) in [5, 5.41) is 6.79. The molecule has 0 aliphatic rings. The maximum absolute atomic E-state index is 4.26. The Morgan fingerprint density at radius 1 is 1.05 bits per heavy atom. The highest BCUT2D eigenvalue weighted by atomic mass is 127. The van der Waals surface area contributed by atoms with E-state index in [2.05, 4.69) is 48.2 Å². The van der Waals surface area contributed by atoms with Gasteiger partial charge in [0.2, 0.25) is 0 Å². The van der Waals surface area contributed by atoms with E-state index < -0.39 is 0 Å². The van der Waals surface area contributed by atoms with Crippen molar-refractivity contribution in [3.8, 4) is 0 Å². The average molecular weight is 398 g/mol. The Morgan fingerprint density at radius 2 is 1.70 bits per heavy atom. The van der Waals surface area contributed by atoms with Gasteiger partial charge in [-0.05, 0) is 26.4 Å². The van der Waals surface area contributed by atoms with E-state index in [0.717, 1.165) is 32.1 Å². The molecule has 0 aromatic rings. The Kier molecular flexibility index (Phi) is 17.1. The van der Waals surface area contributed by atoms with Gasteiger partial charge < -0.3 is 10.6 Å². The van der Waals surface area contributed by atoms with Gasteiger partial charge in [-0.2, -0.15) is 0 Å². The van der Waals surface area contributed by atoms with Crippen LogP contribution in [0.1, 0.15) is 53.4 Å². The molecule has 5 heteroatoms. The summed E-state index contributed by atoms with van der Waals surface area (Å²) in [6.07, 6.45) is 5.14. The van der Waals surface area contributed by atoms with Gasteiger partial charge in [0.1, 0.15) is 0 Å². The molecule has 0 aromatic heterocycles. The zero-order valence-electron chi connectivity index (χ0n) is 14.0. The number of hydrogen-bond donors (Lipinski definition) is 2. The zero-order valence-corrected chi connectivity index (χ0v) is 16.4. The van der Waals surface area contributed by atoms with Crippen molar-refractivity contribution < 1.29 is 0 Å². The van der Waals surface area contributed by atoms with Crippen LogP contribution in [-0.2, 0) is 0 Å². The SMILES string of the molecule is CCCCCCNC(=NC)NCC(C)N(CC)CC.I. The topological polar surface area (TPSA) is 39.7 Å². The molecule has 0 spiro atoms. The summed E-state index contributed by atoms with van der Waals surface area (Å²) < 4.78 is 0. The van der Waals surface area contributed by atoms with Gasteiger partial charge in [-0.15, -0.1) is 24.0 Å². The molecule has 20 heavy (non-hydrogen) atoms. The number of likely N-dealkylation sites (N-methyl/N-ethyl adjacent to an activating group) is 1. The molecule has 0 aromatic carbocycles. The third kappa shape index (κ3) is 10.7. The van der Waals surface area contributed by atoms with E-state index in [1.165, 1.54) is 25.7 Å². The number of halogens is 1. The summed E-state index contributed by atoms with van der Waals surface area (Å²) in [5.74, 6) is 0.926. The second kappa shape index (κ2) is 15.4. The van der Waals surface area contributed by atoms with E-state index in [9.17, 15) is 0 Å². The molecule has 0 aliphatic carbocycles. The first-order valence-corrected chi connectivity index (χ1v) is 7.88. The summed E-state index contributed by atoms with van der Waals surface area (Å²) in [6, 6.07) is 0.536. The fourth-order valence-electron chi connectivity index (χ4n) is 2.20. The molecule has 0 saturated carbocycles. The Morgan fingerprint density at radius 3 is 2.20 bits per heavy atom. The van der Waals surface area contributed by atoms with Crippen molar-refractivity contribution in [1.29, 1.82) is 0 Å². The van der Waals surface area contributed by atoms with Crippen molar-refractivity contribution in [3.05, 3.63) is 0 Å². The predicted molar refractivity (Wildman–Crippen MR) is 101 cm³/mol. The van der Waals surface area contributed by atoms with E-state index in [1.807, 2.05) is 7.05 Å². The lowest BCUT2D eigenvalue weighted by Crippen LogP contribution is -2.46. The summed E-state index contributed by atoms with van der Waals surface area (Å²) in [7, 11) is 1.84. The second-order valence-electron chi connectivity index (χ2n) is 5.01. The summed E-state index contributed by atoms with van der Waals surface area (Å²) >= 11 is 0. The standard InChI is InChI=1S/C15H34N4.HI/c1-6-9-10-11-12-17-15(16-5)18-13-14(4)19(7-2)8-3;/h14H,6-13H2,1-5H3,(H2,16,17,18);1H. The molecule has 2 N–H and O–H groups in total. The first-order valence-electron chi connectivity index (χ1n) is 7.88. The van der Waals surface area contributed by atoms with Crippen molar-refractivity contribution in [2.75, 3.05) is 33.2 Å². The molecule has 0 rings (SSSR count). The smallest absolute Gasteiger partial charge is 0.191 e. The molecular weight excluding hydrogens is 363 g/mol. The van der Waals surface area contributed by atoms with Crippen LogP contribution in [-0.4, -0.2) is 50.1 Å². The first kappa shape index (κ1) is 22.2. The summed E-state index contributed by atoms with van der Waals surface area (Å²) in [4.78, 5) is 6.71. The average Bonchev–Trinajstić information content (AvgIpc) is 2.43. The van der Waals surface area contributed by atoms with Crippen molar-refractivity contribution >= 4 is 29.9 Å². The van der Waals surface area contributed by atoms with Gasteiger partial charge in [0.15, 0.2) is 5.96 Å². The molecule has 0 saturated heterocycles. The highest BCUT2D eigenvalue weighted by Crippen LogP contribution is 1.98. The highest BCUT2D eigenvalue weighted by Gasteiger charge is 2.09. The van der Waals surface area contributed by atoms with Crippen LogP contribution in [0.25, 0.3) is 0 Å². The molecule has 122 valence electrons. The third-order valence-corrected chi connectivity index (χ3v) is 3.55. The number of hydrogen-bond acceptors (Lipinski definition) is 2. The molecule has 0 amide bonds. The molecular formula is C15H35IN4. The van der Waals surface area contributed by atoms with Crippen molar-refractivity contribution in [2.24, 2.45) is 4.99 Å². The number of unbranched alkanes of at least 4 members (excludes halogenated alkanes) is 3. The van der Waals surface area contributed by atoms with Crippen LogP contribution in [0.4, 0.5) is 0 Å². The van der Waals surface area contributed by atoms with Crippen molar-refractivity contribution in [3.63, 3.8) is 0 Å². The van der Waals surface area contributed by atoms with Crippen LogP contribution < -0.4 is 10.6 Å². The number of aliphatic imine (C=N–C) groups is 1. The molecule has 0 heterocycles. The van der Waals surface area contributed by atoms with E-state index in [-0.39, 0.29) is 24.0 Å². The van der Waals surface area contributed by atoms with Gasteiger partial charge in [-0.1, -0.05) is 40.0 Å². The zero-order chi connectivity index (χ0) is 14.5. The Hall–Kier alpha value is -0.0400. The summed E-state index contributed by atoms with van der Waals surface area (Å²) in [5.41, 5.74) is 0. The maximum atomic E-state index is 4.26. The van der Waals surface area contributed by atoms with E-state index in [1.54, 1.807) is 0 Å². The highest BCUT2D eigenvalue weighted by molar-refractivity contribution is 14.0. The summed E-state index contributed by atoms with van der Waals surface area (Å²) in [6.45, 7) is 13.1. The number of rotatable bonds is 10. The van der Waals surface area contributed by atoms with Gasteiger partial charge in [0.25, 0.3) is 0 Å². The van der Waals surface area contributed by atoms with E-state index >= 15 is 0 Å². The molecule has 0 radical (unpaired) electrons. The third-order valence-electron chi connectivity index (χ3n) is 3.55. The molecule has 1 atom stereocenters. The van der Waals surface area contributed by atoms with Gasteiger partial charge >= 0.3 is 0 Å². The van der Waals surface area contributed by atoms with Crippen LogP contribution in [0, 0.1) is 0 Å². The quantitative estimate of drug-likeness (QED) is 0.257. The second-order valence-corrected chi connectivity index (χ2v) is 5.01. The minimum atomic E-state index is 0. The van der Waals surface area contributed by atoms with Gasteiger partial charge in [0.05, 0.1) is 0 Å². The largest absolute Gasteiger partial charge is 0.356 e. The van der Waals surface area contributed by atoms with Gasteiger partial charge in [-0.3, -0.25) is 9.89 Å². The van der Waals surface area contributed by atoms with E-state index in [4.69, 9.17) is 0 Å². The first-order chi connectivity index (χ1) is 9.19. The molecule has 0 bridgehead atoms. The number of nitrogens with zero attached hydrogens (tertiary/aromatic N) is 2. The fraction of sp³-hybridized carbons (Fsp3) is 0.933. The van der Waals surface area contributed by atoms with Crippen LogP contribution in [0.5, 0.6) is 0 Å². The lowest BCUT2D eigenvalue weighted by atomic mass is 10.2. The lowest BCUT2D eigenvalue weighted by Gasteiger charge is -2.27. The lowest BCUT2D eigenvalue weighted by molar-refractivity contribution is 0.231. The molecule has 0 fully saturated rings. The molecule has 1 unspecified atom stereocenters. The van der Waals surface area contributed by atoms with E-state index in [0.29, 0.717) is 6.04 Å².